The maximum Gasteiger partial charge on any atom is 0.318 e. The van der Waals surface area contributed by atoms with Gasteiger partial charge in [0.2, 0.25) is 0 Å². The molecule has 6 heterocycles. The van der Waals surface area contributed by atoms with Crippen molar-refractivity contribution in [1.82, 2.24) is 0 Å². The number of aliphatic hydroxyl groups excluding tert-OH is 20. The minimum Gasteiger partial charge on any atom is -0.426 e. The number of rotatable bonds is 15. The Labute approximate surface area is 570 Å². The molecule has 38 unspecified atom stereocenters. The van der Waals surface area contributed by atoms with Gasteiger partial charge in [-0.3, -0.25) is 4.79 Å². The molecule has 38 atom stereocenters. The Hall–Kier alpha value is -2.07. The second-order valence-electron chi connectivity index (χ2n) is 32.1. The van der Waals surface area contributed by atoms with E-state index in [1.807, 2.05) is 13.8 Å². The van der Waals surface area contributed by atoms with Gasteiger partial charge in [0, 0.05) is 0 Å². The second-order valence-corrected chi connectivity index (χ2v) is 32.1. The first-order chi connectivity index (χ1) is 46.1. The summed E-state index contributed by atoms with van der Waals surface area (Å²) in [5.74, 6) is -9.57. The SMILES string of the molecule is CC1OC(OC(=O)C23CCC(C)(C)CC2C2=CCC4C5(C)CCC(OC6OCC(O)C(OC7OC(CO)C(O)C(O)C7O)C6OC6OC(CO)C(O)C(O)C6O)C(C)(C)C5CCC4(C)C2(C)CC3O)(C2(O)C(CO)OC(O)(OCC3OC(O)C(O)C(O)C3O)C(O)C2O)C(O)C(O)C1O. The molecule has 0 amide bonds. The van der Waals surface area contributed by atoms with E-state index in [9.17, 15) is 112 Å². The van der Waals surface area contributed by atoms with E-state index in [1.54, 1.807) is 0 Å². The van der Waals surface area contributed by atoms with Crippen LogP contribution in [0.5, 0.6) is 0 Å². The summed E-state index contributed by atoms with van der Waals surface area (Å²) in [6, 6.07) is 0. The van der Waals surface area contributed by atoms with E-state index >= 15 is 4.79 Å². The van der Waals surface area contributed by atoms with Gasteiger partial charge in [0.25, 0.3) is 5.79 Å². The molecule has 6 saturated heterocycles. The van der Waals surface area contributed by atoms with Gasteiger partial charge in [-0.1, -0.05) is 60.1 Å². The fraction of sp³-hybridized carbons (Fsp3) is 0.954. The molecule has 0 bridgehead atoms. The predicted octanol–water partition coefficient (Wildman–Crippen LogP) is -7.72. The van der Waals surface area contributed by atoms with Crippen molar-refractivity contribution in [2.24, 2.45) is 50.2 Å². The smallest absolute Gasteiger partial charge is 0.318 e. The zero-order valence-corrected chi connectivity index (χ0v) is 56.6. The molecule has 0 aromatic rings. The van der Waals surface area contributed by atoms with Crippen LogP contribution in [0.1, 0.15) is 113 Å². The fourth-order valence-electron chi connectivity index (χ4n) is 19.8. The minimum atomic E-state index is -3.67. The lowest BCUT2D eigenvalue weighted by atomic mass is 9.33. The lowest BCUT2D eigenvalue weighted by Crippen LogP contribution is -2.85. The average molecular weight is 1430 g/mol. The van der Waals surface area contributed by atoms with Crippen LogP contribution < -0.4 is 0 Å². The van der Waals surface area contributed by atoms with Crippen LogP contribution >= 0.6 is 0 Å². The molecule has 4 saturated carbocycles. The van der Waals surface area contributed by atoms with Crippen LogP contribution in [0.25, 0.3) is 0 Å². The van der Waals surface area contributed by atoms with E-state index in [0.717, 1.165) is 12.5 Å². The van der Waals surface area contributed by atoms with Crippen LogP contribution in [0.4, 0.5) is 0 Å². The molecule has 34 nitrogen and oxygen atoms in total. The summed E-state index contributed by atoms with van der Waals surface area (Å²) in [5.41, 5.74) is -8.15. The topological polar surface area (TPSA) is 564 Å². The Bertz CT molecular complexity index is 2870. The summed E-state index contributed by atoms with van der Waals surface area (Å²) in [4.78, 5) is 16.2. The van der Waals surface area contributed by atoms with Crippen molar-refractivity contribution in [2.45, 2.75) is 302 Å². The number of esters is 1. The van der Waals surface area contributed by atoms with E-state index < -0.39 is 266 Å². The van der Waals surface area contributed by atoms with E-state index in [-0.39, 0.29) is 37.5 Å². The maximum atomic E-state index is 16.2. The van der Waals surface area contributed by atoms with Crippen LogP contribution in [0.3, 0.4) is 0 Å². The number of allylic oxidation sites excluding steroid dienone is 2. The molecular weight excluding hydrogens is 1320 g/mol. The first-order valence-electron chi connectivity index (χ1n) is 34.4. The standard InChI is InChI=1S/C65H106O34/c1-24-36(71)43(78)49(82)64(97-24,63(87)35(21-68)98-65(88,51(84)50(63)83)90-23-30-39(74)40(75)44(79)52(85)91-30)99-56(86)62-16-15-57(2,3)17-26(62)25-9-10-32-59(6)13-12-34(58(4,5)31(59)11-14-60(32,7)61(25,8)18-33(62)70)94-55-48(96-54-46(81)42(77)38(73)29(20-67)93-54)47(27(69)22-89-55)95-53-45(80)41(76)37(72)28(19-66)92-53/h9,24,26-55,66-85,87-88H,10-23H2,1-8H3. The van der Waals surface area contributed by atoms with E-state index in [4.69, 9.17) is 52.1 Å². The van der Waals surface area contributed by atoms with Gasteiger partial charge in [-0.25, -0.2) is 0 Å². The van der Waals surface area contributed by atoms with Crippen molar-refractivity contribution in [3.63, 3.8) is 0 Å². The molecule has 22 N–H and O–H groups in total. The lowest BCUT2D eigenvalue weighted by Gasteiger charge is -2.72. The highest BCUT2D eigenvalue weighted by molar-refractivity contribution is 5.80. The molecule has 11 rings (SSSR count). The summed E-state index contributed by atoms with van der Waals surface area (Å²) in [5, 5.41) is 246. The molecule has 34 heteroatoms. The highest BCUT2D eigenvalue weighted by Crippen LogP contribution is 2.76. The van der Waals surface area contributed by atoms with Crippen LogP contribution in [0, 0.1) is 50.2 Å². The van der Waals surface area contributed by atoms with Gasteiger partial charge in [-0.2, -0.15) is 0 Å². The van der Waals surface area contributed by atoms with Crippen molar-refractivity contribution >= 4 is 5.97 Å². The summed E-state index contributed by atoms with van der Waals surface area (Å²) in [6.07, 6.45) is -48.7. The number of fused-ring (bicyclic) bond motifs is 7. The van der Waals surface area contributed by atoms with Crippen molar-refractivity contribution < 1.29 is 169 Å². The van der Waals surface area contributed by atoms with E-state index in [1.165, 1.54) is 0 Å². The number of hydrogen-bond donors (Lipinski definition) is 22. The zero-order chi connectivity index (χ0) is 72.9. The molecule has 10 fully saturated rings. The van der Waals surface area contributed by atoms with Crippen LogP contribution in [0.2, 0.25) is 0 Å². The number of aliphatic hydroxyl groups is 22. The van der Waals surface area contributed by atoms with Crippen LogP contribution in [0.15, 0.2) is 11.6 Å². The summed E-state index contributed by atoms with van der Waals surface area (Å²) >= 11 is 0. The molecule has 570 valence electrons. The number of carbonyl (C=O) groups excluding carboxylic acids is 1. The summed E-state index contributed by atoms with van der Waals surface area (Å²) in [6.45, 7) is 11.0. The maximum absolute atomic E-state index is 16.2. The highest BCUT2D eigenvalue weighted by Gasteiger charge is 2.79. The largest absolute Gasteiger partial charge is 0.426 e. The van der Waals surface area contributed by atoms with E-state index in [2.05, 4.69) is 40.7 Å². The molecular formula is C65H106O34. The molecule has 0 spiro atoms. The van der Waals surface area contributed by atoms with Gasteiger partial charge in [-0.15, -0.1) is 0 Å². The fourth-order valence-corrected chi connectivity index (χ4v) is 19.8. The van der Waals surface area contributed by atoms with Gasteiger partial charge in [-0.05, 0) is 110 Å². The van der Waals surface area contributed by atoms with Crippen molar-refractivity contribution in [3.8, 4) is 0 Å². The predicted molar refractivity (Wildman–Crippen MR) is 324 cm³/mol. The third-order valence-electron chi connectivity index (χ3n) is 25.9. The van der Waals surface area contributed by atoms with Gasteiger partial charge in [0.1, 0.15) is 121 Å². The molecule has 11 aliphatic rings. The van der Waals surface area contributed by atoms with Gasteiger partial charge in [0.15, 0.2) is 43.0 Å². The number of carbonyl (C=O) groups is 1. The van der Waals surface area contributed by atoms with Gasteiger partial charge in [0.05, 0.1) is 51.3 Å². The Morgan fingerprint density at radius 2 is 1.15 bits per heavy atom. The minimum absolute atomic E-state index is 0.0697. The Morgan fingerprint density at radius 1 is 0.566 bits per heavy atom. The van der Waals surface area contributed by atoms with Gasteiger partial charge >= 0.3 is 11.9 Å². The first-order valence-corrected chi connectivity index (χ1v) is 34.4. The first kappa shape index (κ1) is 78.0. The van der Waals surface area contributed by atoms with Crippen molar-refractivity contribution in [2.75, 3.05) is 33.0 Å². The van der Waals surface area contributed by atoms with E-state index in [0.29, 0.717) is 32.1 Å². The van der Waals surface area contributed by atoms with Crippen molar-refractivity contribution in [1.29, 1.82) is 0 Å². The summed E-state index contributed by atoms with van der Waals surface area (Å²) in [7, 11) is 0. The Morgan fingerprint density at radius 3 is 1.75 bits per heavy atom. The third kappa shape index (κ3) is 12.2. The molecule has 0 radical (unpaired) electrons. The summed E-state index contributed by atoms with van der Waals surface area (Å²) < 4.78 is 65.6. The molecule has 0 aromatic carbocycles. The average Bonchev–Trinajstić information content (AvgIpc) is 0.685. The van der Waals surface area contributed by atoms with Gasteiger partial charge < -0.3 is 164 Å². The number of ether oxygens (including phenoxy) is 11. The van der Waals surface area contributed by atoms with Crippen molar-refractivity contribution in [3.05, 3.63) is 11.6 Å². The molecule has 99 heavy (non-hydrogen) atoms. The lowest BCUT2D eigenvalue weighted by molar-refractivity contribution is -0.504. The second kappa shape index (κ2) is 27.6. The monoisotopic (exact) mass is 1430 g/mol. The highest BCUT2D eigenvalue weighted by atomic mass is 16.9. The number of hydrogen-bond acceptors (Lipinski definition) is 34. The van der Waals surface area contributed by atoms with Crippen LogP contribution in [-0.2, 0) is 56.9 Å². The molecule has 6 aliphatic heterocycles. The zero-order valence-electron chi connectivity index (χ0n) is 56.6. The third-order valence-corrected chi connectivity index (χ3v) is 25.9. The van der Waals surface area contributed by atoms with Crippen LogP contribution in [-0.4, -0.2) is 340 Å². The Balaban J connectivity index is 0.885. The molecule has 0 aromatic heterocycles. The normalized spacial score (nSPS) is 55.9. The Kier molecular flexibility index (Phi) is 21.8. The quantitative estimate of drug-likeness (QED) is 0.0313. The molecule has 5 aliphatic carbocycles.